The van der Waals surface area contributed by atoms with E-state index in [1.807, 2.05) is 0 Å². The van der Waals surface area contributed by atoms with Crippen molar-refractivity contribution in [3.8, 4) is 0 Å². The number of hydrogen-bond donors (Lipinski definition) is 3. The maximum atomic E-state index is 12.8. The Hall–Kier alpha value is -2.94. The largest absolute Gasteiger partial charge is 0.480 e. The molecule has 0 aliphatic carbocycles. The fourth-order valence-corrected chi connectivity index (χ4v) is 2.44. The first-order valence-corrected chi connectivity index (χ1v) is 8.28. The van der Waals surface area contributed by atoms with Gasteiger partial charge in [0.25, 0.3) is 11.8 Å². The highest BCUT2D eigenvalue weighted by Crippen LogP contribution is 2.13. The zero-order chi connectivity index (χ0) is 19.1. The normalized spacial score (nSPS) is 12.5. The molecule has 2 heterocycles. The molecule has 0 aromatic carbocycles. The van der Waals surface area contributed by atoms with Crippen LogP contribution in [0.4, 0.5) is 0 Å². The second-order valence-electron chi connectivity index (χ2n) is 5.29. The first-order chi connectivity index (χ1) is 12.4. The van der Waals surface area contributed by atoms with E-state index in [4.69, 9.17) is 8.83 Å². The fourth-order valence-electron chi connectivity index (χ4n) is 2.20. The Bertz CT molecular complexity index is 782. The Morgan fingerprint density at radius 2 is 1.96 bits per heavy atom. The Labute approximate surface area is 154 Å². The summed E-state index contributed by atoms with van der Waals surface area (Å²) in [5.74, 6) is -1.88. The molecular weight excluding hydrogens is 360 g/mol. The number of thiol groups is 1. The van der Waals surface area contributed by atoms with E-state index < -0.39 is 23.8 Å². The summed E-state index contributed by atoms with van der Waals surface area (Å²) in [6.45, 7) is 0. The van der Waals surface area contributed by atoms with Crippen LogP contribution >= 0.6 is 12.6 Å². The van der Waals surface area contributed by atoms with Crippen molar-refractivity contribution in [1.29, 1.82) is 0 Å². The van der Waals surface area contributed by atoms with Gasteiger partial charge in [-0.05, 0) is 36.4 Å². The van der Waals surface area contributed by atoms with Crippen molar-refractivity contribution < 1.29 is 28.3 Å². The zero-order valence-electron chi connectivity index (χ0n) is 13.9. The van der Waals surface area contributed by atoms with Crippen LogP contribution in [0.25, 0.3) is 6.08 Å². The summed E-state index contributed by atoms with van der Waals surface area (Å²) in [6, 6.07) is 5.10. The third kappa shape index (κ3) is 4.79. The summed E-state index contributed by atoms with van der Waals surface area (Å²) >= 11 is 4.02. The number of nitrogens with zero attached hydrogens (tertiary/aromatic N) is 1. The van der Waals surface area contributed by atoms with E-state index in [-0.39, 0.29) is 23.6 Å². The molecule has 0 radical (unpaired) electrons. The summed E-state index contributed by atoms with van der Waals surface area (Å²) in [5.41, 5.74) is -0.144. The van der Waals surface area contributed by atoms with E-state index in [0.717, 1.165) is 4.90 Å². The van der Waals surface area contributed by atoms with Gasteiger partial charge in [-0.1, -0.05) is 0 Å². The molecule has 0 bridgehead atoms. The Morgan fingerprint density at radius 1 is 1.27 bits per heavy atom. The molecule has 1 atom stereocenters. The number of aliphatic carboxylic acids is 1. The molecule has 9 heteroatoms. The number of nitrogens with one attached hydrogen (secondary N) is 1. The van der Waals surface area contributed by atoms with E-state index in [1.165, 1.54) is 37.8 Å². The highest BCUT2D eigenvalue weighted by Gasteiger charge is 2.29. The molecule has 0 spiro atoms. The van der Waals surface area contributed by atoms with Gasteiger partial charge in [-0.15, -0.1) is 0 Å². The first kappa shape index (κ1) is 19.4. The van der Waals surface area contributed by atoms with Crippen LogP contribution in [-0.2, 0) is 9.59 Å². The molecular formula is C17H18N2O6S. The molecule has 2 amide bonds. The van der Waals surface area contributed by atoms with Gasteiger partial charge in [0.2, 0.25) is 0 Å². The lowest BCUT2D eigenvalue weighted by Crippen LogP contribution is -2.45. The number of carbonyl (C=O) groups is 3. The van der Waals surface area contributed by atoms with Crippen LogP contribution in [-0.4, -0.2) is 46.6 Å². The molecule has 0 fully saturated rings. The number of rotatable bonds is 8. The minimum absolute atomic E-state index is 0.0101. The van der Waals surface area contributed by atoms with E-state index in [2.05, 4.69) is 17.9 Å². The predicted octanol–water partition coefficient (Wildman–Crippen LogP) is 1.87. The number of carbonyl (C=O) groups excluding carboxylic acids is 2. The number of hydrogen-bond acceptors (Lipinski definition) is 6. The van der Waals surface area contributed by atoms with Gasteiger partial charge < -0.3 is 24.2 Å². The average Bonchev–Trinajstić information content (AvgIpc) is 3.31. The molecule has 0 aliphatic rings. The van der Waals surface area contributed by atoms with Gasteiger partial charge in [-0.3, -0.25) is 9.59 Å². The number of furan rings is 2. The number of carboxylic acids is 1. The van der Waals surface area contributed by atoms with Crippen LogP contribution in [0, 0.1) is 0 Å². The zero-order valence-corrected chi connectivity index (χ0v) is 14.8. The molecule has 2 N–H and O–H groups in total. The fraction of sp³-hybridized carbons (Fsp3) is 0.235. The van der Waals surface area contributed by atoms with Crippen LogP contribution in [0.3, 0.4) is 0 Å². The van der Waals surface area contributed by atoms with E-state index in [1.54, 1.807) is 12.1 Å². The molecule has 1 unspecified atom stereocenters. The Balaban J connectivity index is 2.29. The van der Waals surface area contributed by atoms with Crippen LogP contribution < -0.4 is 5.32 Å². The van der Waals surface area contributed by atoms with Gasteiger partial charge in [0, 0.05) is 13.1 Å². The first-order valence-electron chi connectivity index (χ1n) is 7.65. The summed E-state index contributed by atoms with van der Waals surface area (Å²) in [5, 5.41) is 11.8. The summed E-state index contributed by atoms with van der Waals surface area (Å²) in [4.78, 5) is 37.5. The predicted molar refractivity (Wildman–Crippen MR) is 95.5 cm³/mol. The van der Waals surface area contributed by atoms with Gasteiger partial charge in [0.1, 0.15) is 17.5 Å². The lowest BCUT2D eigenvalue weighted by molar-refractivity contribution is -0.147. The van der Waals surface area contributed by atoms with Crippen molar-refractivity contribution in [2.75, 3.05) is 12.8 Å². The molecule has 2 aromatic heterocycles. The number of carboxylic acid groups (broad SMARTS) is 1. The Morgan fingerprint density at radius 3 is 2.50 bits per heavy atom. The van der Waals surface area contributed by atoms with E-state index in [9.17, 15) is 19.5 Å². The topological polar surface area (TPSA) is 113 Å². The van der Waals surface area contributed by atoms with Crippen LogP contribution in [0.5, 0.6) is 0 Å². The second kappa shape index (κ2) is 8.95. The molecule has 8 nitrogen and oxygen atoms in total. The van der Waals surface area contributed by atoms with Crippen LogP contribution in [0.1, 0.15) is 22.7 Å². The maximum absolute atomic E-state index is 12.8. The van der Waals surface area contributed by atoms with Crippen LogP contribution in [0.15, 0.2) is 51.3 Å². The van der Waals surface area contributed by atoms with Gasteiger partial charge in [-0.25, -0.2) is 4.79 Å². The van der Waals surface area contributed by atoms with Crippen LogP contribution in [0.2, 0.25) is 0 Å². The highest BCUT2D eigenvalue weighted by atomic mass is 32.1. The van der Waals surface area contributed by atoms with Crippen molar-refractivity contribution >= 4 is 36.5 Å². The molecule has 138 valence electrons. The standard InChI is InChI=1S/C17H18N2O6S/c1-19(13(6-9-26)17(22)23)16(21)12(10-11-4-2-7-24-11)18-15(20)14-5-3-8-25-14/h2-5,7-8,10,13,26H,6,9H2,1H3,(H,18,20)(H,22,23)/b12-10+. The SMILES string of the molecule is CN(C(=O)/C(=C\c1ccco1)NC(=O)c1ccco1)C(CCS)C(=O)O. The van der Waals surface area contributed by atoms with Crippen molar-refractivity contribution in [1.82, 2.24) is 10.2 Å². The molecule has 26 heavy (non-hydrogen) atoms. The summed E-state index contributed by atoms with van der Waals surface area (Å²) < 4.78 is 10.2. The smallest absolute Gasteiger partial charge is 0.326 e. The molecule has 2 aromatic rings. The van der Waals surface area contributed by atoms with Gasteiger partial charge in [0.05, 0.1) is 12.5 Å². The summed E-state index contributed by atoms with van der Waals surface area (Å²) in [7, 11) is 1.35. The molecule has 0 saturated heterocycles. The van der Waals surface area contributed by atoms with E-state index >= 15 is 0 Å². The van der Waals surface area contributed by atoms with Crippen molar-refractivity contribution in [3.05, 3.63) is 54.0 Å². The lowest BCUT2D eigenvalue weighted by atomic mass is 10.2. The minimum Gasteiger partial charge on any atom is -0.480 e. The average molecular weight is 378 g/mol. The summed E-state index contributed by atoms with van der Waals surface area (Å²) in [6.07, 6.45) is 4.21. The maximum Gasteiger partial charge on any atom is 0.326 e. The van der Waals surface area contributed by atoms with Crippen molar-refractivity contribution in [2.24, 2.45) is 0 Å². The molecule has 2 rings (SSSR count). The highest BCUT2D eigenvalue weighted by molar-refractivity contribution is 7.80. The van der Waals surface area contributed by atoms with E-state index in [0.29, 0.717) is 5.76 Å². The van der Waals surface area contributed by atoms with Gasteiger partial charge >= 0.3 is 5.97 Å². The number of amides is 2. The van der Waals surface area contributed by atoms with Gasteiger partial charge in [0.15, 0.2) is 5.76 Å². The second-order valence-corrected chi connectivity index (χ2v) is 5.73. The quantitative estimate of drug-likeness (QED) is 0.477. The minimum atomic E-state index is -1.16. The molecule has 0 saturated carbocycles. The molecule has 0 aliphatic heterocycles. The third-order valence-corrected chi connectivity index (χ3v) is 3.79. The number of likely N-dealkylation sites (N-methyl/N-ethyl adjacent to an activating group) is 1. The lowest BCUT2D eigenvalue weighted by Gasteiger charge is -2.25. The Kier molecular flexibility index (Phi) is 6.67. The van der Waals surface area contributed by atoms with Crippen molar-refractivity contribution in [2.45, 2.75) is 12.5 Å². The van der Waals surface area contributed by atoms with Gasteiger partial charge in [-0.2, -0.15) is 12.6 Å². The third-order valence-electron chi connectivity index (χ3n) is 3.53. The monoisotopic (exact) mass is 378 g/mol. The van der Waals surface area contributed by atoms with Crippen molar-refractivity contribution in [3.63, 3.8) is 0 Å².